The van der Waals surface area contributed by atoms with Gasteiger partial charge in [-0.1, -0.05) is 164 Å². The van der Waals surface area contributed by atoms with Gasteiger partial charge in [-0.05, 0) is 198 Å². The molecule has 0 aromatic heterocycles. The highest BCUT2D eigenvalue weighted by molar-refractivity contribution is 5.92. The number of benzene rings is 11. The van der Waals surface area contributed by atoms with E-state index in [0.29, 0.717) is 5.92 Å². The van der Waals surface area contributed by atoms with Crippen molar-refractivity contribution in [1.82, 2.24) is 0 Å². The lowest BCUT2D eigenvalue weighted by molar-refractivity contribution is 0.241. The SMILES string of the molecule is c1ccc(N(c2ccccc2)c2ccc3c(c2)C2(c4cc(N(c5ccccc5)c5ccccc5)ccc4-3)c3cc(N(c4ccccc4)c4ccccc4)ccc3C3CCC(N(c4ccccc4)c4ccccc4)CC32)cc1. The number of hydrogen-bond acceptors (Lipinski definition) is 4. The maximum atomic E-state index is 2.66. The highest BCUT2D eigenvalue weighted by atomic mass is 15.2. The fourth-order valence-corrected chi connectivity index (χ4v) is 13.6. The lowest BCUT2D eigenvalue weighted by Crippen LogP contribution is -2.43. The molecule has 4 heteroatoms. The van der Waals surface area contributed by atoms with Crippen LogP contribution in [0.3, 0.4) is 0 Å². The van der Waals surface area contributed by atoms with Crippen molar-refractivity contribution in [3.05, 3.63) is 320 Å². The van der Waals surface area contributed by atoms with E-state index in [0.717, 1.165) is 70.4 Å². The summed E-state index contributed by atoms with van der Waals surface area (Å²) in [5, 5.41) is 0. The van der Waals surface area contributed by atoms with Crippen LogP contribution in [0.2, 0.25) is 0 Å². The number of para-hydroxylation sites is 8. The van der Waals surface area contributed by atoms with Gasteiger partial charge < -0.3 is 19.6 Å². The van der Waals surface area contributed by atoms with Crippen molar-refractivity contribution < 1.29 is 0 Å². The summed E-state index contributed by atoms with van der Waals surface area (Å²) in [6.45, 7) is 0. The number of anilines is 11. The Balaban J connectivity index is 1.06. The zero-order valence-electron chi connectivity index (χ0n) is 42.9. The van der Waals surface area contributed by atoms with E-state index in [4.69, 9.17) is 0 Å². The summed E-state index contributed by atoms with van der Waals surface area (Å²) in [6.07, 6.45) is 3.11. The van der Waals surface area contributed by atoms with E-state index in [2.05, 4.69) is 317 Å². The largest absolute Gasteiger partial charge is 0.338 e. The monoisotopic (exact) mass is 990 g/mol. The Kier molecular flexibility index (Phi) is 11.8. The summed E-state index contributed by atoms with van der Waals surface area (Å²) in [5.41, 5.74) is 20.3. The molecule has 1 saturated carbocycles. The molecule has 0 aliphatic heterocycles. The third-order valence-electron chi connectivity index (χ3n) is 16.7. The van der Waals surface area contributed by atoms with Gasteiger partial charge in [0.2, 0.25) is 0 Å². The van der Waals surface area contributed by atoms with Crippen LogP contribution in [-0.4, -0.2) is 6.04 Å². The molecule has 0 N–H and O–H groups in total. The van der Waals surface area contributed by atoms with E-state index in [1.165, 1.54) is 44.8 Å². The number of rotatable bonds is 12. The van der Waals surface area contributed by atoms with Crippen molar-refractivity contribution in [3.8, 4) is 11.1 Å². The molecule has 14 rings (SSSR count). The molecule has 0 amide bonds. The topological polar surface area (TPSA) is 13.0 Å². The first-order valence-corrected chi connectivity index (χ1v) is 27.3. The van der Waals surface area contributed by atoms with Crippen LogP contribution < -0.4 is 19.6 Å². The standard InChI is InChI=1S/C73H58N4/c1-9-25-53(26-10-1)74(54-27-11-2-12-28-54)61-41-45-65-66-46-42-62(75(55-29-13-3-14-30-55)56-31-15-4-16-32-56)50-70(66)73(69(65)49-61)71-51-63(76(57-33-17-5-18-34-57)58-35-19-6-20-36-58)43-47-67(71)68-48-44-64(52-72(68)73)77(59-37-21-7-22-38-59)60-39-23-8-24-40-60/h1-43,45-47,49-51,64,68,72H,44,48,52H2. The van der Waals surface area contributed by atoms with Crippen LogP contribution in [0, 0.1) is 5.92 Å². The summed E-state index contributed by atoms with van der Waals surface area (Å²) in [6, 6.07) is 110. The molecule has 0 radical (unpaired) electrons. The lowest BCUT2D eigenvalue weighted by Gasteiger charge is -2.46. The van der Waals surface area contributed by atoms with Crippen LogP contribution in [0.1, 0.15) is 47.4 Å². The molecular weight excluding hydrogens is 933 g/mol. The van der Waals surface area contributed by atoms with E-state index in [1.54, 1.807) is 0 Å². The smallest absolute Gasteiger partial charge is 0.0503 e. The zero-order chi connectivity index (χ0) is 51.1. The lowest BCUT2D eigenvalue weighted by atomic mass is 9.61. The Bertz CT molecular complexity index is 3510. The molecule has 3 unspecified atom stereocenters. The third-order valence-corrected chi connectivity index (χ3v) is 16.7. The fourth-order valence-electron chi connectivity index (χ4n) is 13.6. The van der Waals surface area contributed by atoms with Crippen molar-refractivity contribution in [2.75, 3.05) is 19.6 Å². The summed E-state index contributed by atoms with van der Waals surface area (Å²) in [4.78, 5) is 10.0. The van der Waals surface area contributed by atoms with Gasteiger partial charge >= 0.3 is 0 Å². The maximum Gasteiger partial charge on any atom is 0.0503 e. The van der Waals surface area contributed by atoms with Gasteiger partial charge in [0.1, 0.15) is 0 Å². The number of hydrogen-bond donors (Lipinski definition) is 0. The fraction of sp³-hybridized carbons (Fsp3) is 0.0959. The minimum Gasteiger partial charge on any atom is -0.338 e. The van der Waals surface area contributed by atoms with Crippen LogP contribution in [0.15, 0.2) is 297 Å². The second kappa shape index (κ2) is 19.7. The number of fused-ring (bicyclic) bond motifs is 10. The molecule has 0 heterocycles. The van der Waals surface area contributed by atoms with Gasteiger partial charge in [0.05, 0.1) is 5.41 Å². The van der Waals surface area contributed by atoms with Crippen molar-refractivity contribution in [2.24, 2.45) is 5.92 Å². The normalized spacial score (nSPS) is 16.4. The van der Waals surface area contributed by atoms with E-state index in [1.807, 2.05) is 0 Å². The molecule has 11 aromatic rings. The first kappa shape index (κ1) is 46.2. The van der Waals surface area contributed by atoms with Gasteiger partial charge in [0.15, 0.2) is 0 Å². The molecule has 370 valence electrons. The van der Waals surface area contributed by atoms with Gasteiger partial charge in [0.25, 0.3) is 0 Å². The van der Waals surface area contributed by atoms with Crippen molar-refractivity contribution in [3.63, 3.8) is 0 Å². The van der Waals surface area contributed by atoms with Crippen LogP contribution >= 0.6 is 0 Å². The summed E-state index contributed by atoms with van der Waals surface area (Å²) in [5.74, 6) is 0.494. The zero-order valence-corrected chi connectivity index (χ0v) is 42.9. The average molecular weight is 991 g/mol. The summed E-state index contributed by atoms with van der Waals surface area (Å²) >= 11 is 0. The second-order valence-electron chi connectivity index (χ2n) is 20.8. The van der Waals surface area contributed by atoms with E-state index in [-0.39, 0.29) is 12.0 Å². The minimum absolute atomic E-state index is 0.192. The van der Waals surface area contributed by atoms with Crippen LogP contribution in [0.25, 0.3) is 11.1 Å². The second-order valence-corrected chi connectivity index (χ2v) is 20.8. The van der Waals surface area contributed by atoms with Crippen molar-refractivity contribution in [1.29, 1.82) is 0 Å². The summed E-state index contributed by atoms with van der Waals surface area (Å²) in [7, 11) is 0. The predicted molar refractivity (Wildman–Crippen MR) is 321 cm³/mol. The molecule has 77 heavy (non-hydrogen) atoms. The Labute approximate surface area is 453 Å². The molecule has 1 fully saturated rings. The van der Waals surface area contributed by atoms with E-state index < -0.39 is 5.41 Å². The van der Waals surface area contributed by atoms with Crippen molar-refractivity contribution >= 4 is 62.6 Å². The van der Waals surface area contributed by atoms with Gasteiger partial charge in [-0.15, -0.1) is 0 Å². The van der Waals surface area contributed by atoms with Crippen LogP contribution in [0.5, 0.6) is 0 Å². The Hall–Kier alpha value is -9.38. The van der Waals surface area contributed by atoms with E-state index in [9.17, 15) is 0 Å². The molecule has 3 atom stereocenters. The first-order chi connectivity index (χ1) is 38.2. The quantitative estimate of drug-likeness (QED) is 0.121. The molecule has 4 nitrogen and oxygen atoms in total. The molecule has 11 aromatic carbocycles. The van der Waals surface area contributed by atoms with E-state index >= 15 is 0 Å². The Morgan fingerprint density at radius 3 is 0.909 bits per heavy atom. The molecule has 3 aliphatic carbocycles. The number of nitrogens with zero attached hydrogens (tertiary/aromatic N) is 4. The molecule has 1 spiro atoms. The van der Waals surface area contributed by atoms with Crippen LogP contribution in [-0.2, 0) is 5.41 Å². The minimum atomic E-state index is -0.568. The van der Waals surface area contributed by atoms with Crippen molar-refractivity contribution in [2.45, 2.75) is 36.6 Å². The van der Waals surface area contributed by atoms with Crippen LogP contribution in [0.4, 0.5) is 62.6 Å². The first-order valence-electron chi connectivity index (χ1n) is 27.3. The van der Waals surface area contributed by atoms with Gasteiger partial charge in [-0.25, -0.2) is 0 Å². The van der Waals surface area contributed by atoms with Gasteiger partial charge in [-0.3, -0.25) is 0 Å². The predicted octanol–water partition coefficient (Wildman–Crippen LogP) is 19.5. The highest BCUT2D eigenvalue weighted by Gasteiger charge is 2.60. The molecule has 0 bridgehead atoms. The summed E-state index contributed by atoms with van der Waals surface area (Å²) < 4.78 is 0. The Morgan fingerprint density at radius 1 is 0.273 bits per heavy atom. The van der Waals surface area contributed by atoms with Gasteiger partial charge in [-0.2, -0.15) is 0 Å². The third kappa shape index (κ3) is 7.99. The Morgan fingerprint density at radius 2 is 0.571 bits per heavy atom. The molecule has 3 aliphatic rings. The molecule has 0 saturated heterocycles. The van der Waals surface area contributed by atoms with Gasteiger partial charge in [0, 0.05) is 68.6 Å². The average Bonchev–Trinajstić information content (AvgIpc) is 4.18. The molecular formula is C73H58N4. The highest BCUT2D eigenvalue weighted by Crippen LogP contribution is 2.69. The maximum absolute atomic E-state index is 2.66.